The number of rotatable bonds is 5. The summed E-state index contributed by atoms with van der Waals surface area (Å²) >= 11 is 0. The molecule has 0 bridgehead atoms. The Morgan fingerprint density at radius 1 is 1.19 bits per heavy atom. The first-order valence-corrected chi connectivity index (χ1v) is 6.53. The second-order valence-electron chi connectivity index (χ2n) is 4.45. The lowest BCUT2D eigenvalue weighted by atomic mass is 10.2. The van der Waals surface area contributed by atoms with Crippen LogP contribution in [0.25, 0.3) is 11.4 Å². The van der Waals surface area contributed by atoms with Crippen LogP contribution in [-0.2, 0) is 4.79 Å². The van der Waals surface area contributed by atoms with Gasteiger partial charge in [0.2, 0.25) is 5.91 Å². The van der Waals surface area contributed by atoms with E-state index >= 15 is 0 Å². The second kappa shape index (κ2) is 6.67. The molecule has 0 aliphatic heterocycles. The molecule has 21 heavy (non-hydrogen) atoms. The minimum atomic E-state index is -0.417. The number of nitrogen functional groups attached to an aromatic ring is 1. The fourth-order valence-corrected chi connectivity index (χ4v) is 1.82. The number of carbonyl (C=O) groups excluding carboxylic acids is 1. The van der Waals surface area contributed by atoms with Gasteiger partial charge in [0.05, 0.1) is 0 Å². The molecule has 0 saturated carbocycles. The van der Waals surface area contributed by atoms with Crippen LogP contribution in [0.15, 0.2) is 36.4 Å². The van der Waals surface area contributed by atoms with Crippen LogP contribution in [0.3, 0.4) is 0 Å². The molecule has 1 heterocycles. The maximum atomic E-state index is 11.6. The molecular weight excluding hydrogens is 268 g/mol. The van der Waals surface area contributed by atoms with Crippen molar-refractivity contribution in [2.24, 2.45) is 5.84 Å². The smallest absolute Gasteiger partial charge is 0.241 e. The Morgan fingerprint density at radius 3 is 2.48 bits per heavy atom. The molecule has 1 aromatic carbocycles. The fraction of sp³-hybridized carbons (Fsp3) is 0.214. The number of benzene rings is 1. The van der Waals surface area contributed by atoms with Gasteiger partial charge in [-0.15, -0.1) is 0 Å². The maximum absolute atomic E-state index is 11.6. The van der Waals surface area contributed by atoms with Gasteiger partial charge in [0.1, 0.15) is 17.7 Å². The van der Waals surface area contributed by atoms with E-state index in [-0.39, 0.29) is 5.91 Å². The molecule has 1 unspecified atom stereocenters. The monoisotopic (exact) mass is 286 g/mol. The molecule has 110 valence electrons. The number of nitrogens with two attached hydrogens (primary N) is 1. The molecule has 7 heteroatoms. The van der Waals surface area contributed by atoms with Crippen LogP contribution in [0, 0.1) is 0 Å². The Hall–Kier alpha value is -2.67. The van der Waals surface area contributed by atoms with Crippen LogP contribution < -0.4 is 21.9 Å². The van der Waals surface area contributed by atoms with Crippen LogP contribution in [-0.4, -0.2) is 29.0 Å². The minimum Gasteiger partial charge on any atom is -0.358 e. The van der Waals surface area contributed by atoms with Gasteiger partial charge in [0.15, 0.2) is 5.82 Å². The van der Waals surface area contributed by atoms with E-state index in [1.165, 1.54) is 0 Å². The third kappa shape index (κ3) is 3.67. The van der Waals surface area contributed by atoms with Crippen LogP contribution in [0.1, 0.15) is 6.92 Å². The first-order chi connectivity index (χ1) is 10.1. The highest BCUT2D eigenvalue weighted by Crippen LogP contribution is 2.20. The van der Waals surface area contributed by atoms with Gasteiger partial charge in [-0.25, -0.2) is 15.8 Å². The number of likely N-dealkylation sites (N-methyl/N-ethyl adjacent to an activating group) is 1. The molecular formula is C14H18N6O. The molecule has 7 nitrogen and oxygen atoms in total. The van der Waals surface area contributed by atoms with Gasteiger partial charge in [-0.05, 0) is 6.92 Å². The van der Waals surface area contributed by atoms with Gasteiger partial charge < -0.3 is 16.1 Å². The third-order valence-corrected chi connectivity index (χ3v) is 2.91. The van der Waals surface area contributed by atoms with E-state index in [4.69, 9.17) is 5.84 Å². The Balaban J connectivity index is 2.32. The van der Waals surface area contributed by atoms with Gasteiger partial charge in [0.25, 0.3) is 0 Å². The molecule has 0 fully saturated rings. The fourth-order valence-electron chi connectivity index (χ4n) is 1.82. The summed E-state index contributed by atoms with van der Waals surface area (Å²) in [6, 6.07) is 10.8. The molecule has 5 N–H and O–H groups in total. The topological polar surface area (TPSA) is 105 Å². The summed E-state index contributed by atoms with van der Waals surface area (Å²) in [6.07, 6.45) is 0. The van der Waals surface area contributed by atoms with Crippen LogP contribution in [0.5, 0.6) is 0 Å². The molecule has 2 rings (SSSR count). The number of anilines is 2. The van der Waals surface area contributed by atoms with Gasteiger partial charge in [-0.3, -0.25) is 4.79 Å². The van der Waals surface area contributed by atoms with E-state index in [0.717, 1.165) is 5.56 Å². The summed E-state index contributed by atoms with van der Waals surface area (Å²) in [6.45, 7) is 1.75. The summed E-state index contributed by atoms with van der Waals surface area (Å²) in [7, 11) is 1.59. The molecule has 0 spiro atoms. The Bertz CT molecular complexity index is 616. The number of carbonyl (C=O) groups is 1. The largest absolute Gasteiger partial charge is 0.358 e. The van der Waals surface area contributed by atoms with Crippen LogP contribution >= 0.6 is 0 Å². The standard InChI is InChI=1S/C14H18N6O/c1-9(14(21)16-2)17-11-8-12(20-15)19-13(18-11)10-6-4-3-5-7-10/h3-9H,15H2,1-2H3,(H,16,21)(H2,17,18,19,20). The van der Waals surface area contributed by atoms with E-state index in [0.29, 0.717) is 17.5 Å². The molecule has 0 aliphatic rings. The lowest BCUT2D eigenvalue weighted by Gasteiger charge is -2.14. The van der Waals surface area contributed by atoms with Crippen LogP contribution in [0.2, 0.25) is 0 Å². The SMILES string of the molecule is CNC(=O)C(C)Nc1cc(NN)nc(-c2ccccc2)n1. The number of hydrogen-bond acceptors (Lipinski definition) is 6. The number of hydrazine groups is 1. The highest BCUT2D eigenvalue weighted by molar-refractivity contribution is 5.83. The van der Waals surface area contributed by atoms with Crippen molar-refractivity contribution in [1.29, 1.82) is 0 Å². The number of aromatic nitrogens is 2. The Morgan fingerprint density at radius 2 is 1.86 bits per heavy atom. The van der Waals surface area contributed by atoms with E-state index in [9.17, 15) is 4.79 Å². The summed E-state index contributed by atoms with van der Waals surface area (Å²) in [5, 5.41) is 5.59. The summed E-state index contributed by atoms with van der Waals surface area (Å²) in [5.74, 6) is 6.82. The summed E-state index contributed by atoms with van der Waals surface area (Å²) in [5.41, 5.74) is 3.37. The van der Waals surface area contributed by atoms with Crippen molar-refractivity contribution in [3.63, 3.8) is 0 Å². The average molecular weight is 286 g/mol. The van der Waals surface area contributed by atoms with E-state index in [1.54, 1.807) is 20.0 Å². The van der Waals surface area contributed by atoms with Gasteiger partial charge in [0, 0.05) is 18.7 Å². The molecule has 2 aromatic rings. The highest BCUT2D eigenvalue weighted by atomic mass is 16.2. The quantitative estimate of drug-likeness (QED) is 0.482. The lowest BCUT2D eigenvalue weighted by Crippen LogP contribution is -2.35. The van der Waals surface area contributed by atoms with Crippen molar-refractivity contribution >= 4 is 17.5 Å². The van der Waals surface area contributed by atoms with Gasteiger partial charge in [-0.1, -0.05) is 30.3 Å². The van der Waals surface area contributed by atoms with Crippen molar-refractivity contribution in [3.8, 4) is 11.4 Å². The highest BCUT2D eigenvalue weighted by Gasteiger charge is 2.13. The third-order valence-electron chi connectivity index (χ3n) is 2.91. The van der Waals surface area contributed by atoms with E-state index < -0.39 is 6.04 Å². The second-order valence-corrected chi connectivity index (χ2v) is 4.45. The zero-order valence-electron chi connectivity index (χ0n) is 11.9. The first-order valence-electron chi connectivity index (χ1n) is 6.53. The van der Waals surface area contributed by atoms with Crippen molar-refractivity contribution in [2.45, 2.75) is 13.0 Å². The van der Waals surface area contributed by atoms with E-state index in [1.807, 2.05) is 30.3 Å². The van der Waals surface area contributed by atoms with Crippen molar-refractivity contribution in [1.82, 2.24) is 15.3 Å². The number of amides is 1. The first kappa shape index (κ1) is 14.7. The molecule has 1 amide bonds. The van der Waals surface area contributed by atoms with E-state index in [2.05, 4.69) is 26.0 Å². The minimum absolute atomic E-state index is 0.128. The number of hydrogen-bond donors (Lipinski definition) is 4. The molecule has 1 atom stereocenters. The number of nitrogens with one attached hydrogen (secondary N) is 3. The van der Waals surface area contributed by atoms with Crippen LogP contribution in [0.4, 0.5) is 11.6 Å². The molecule has 0 radical (unpaired) electrons. The maximum Gasteiger partial charge on any atom is 0.241 e. The average Bonchev–Trinajstić information content (AvgIpc) is 2.54. The number of nitrogens with zero attached hydrogens (tertiary/aromatic N) is 2. The van der Waals surface area contributed by atoms with Crippen molar-refractivity contribution < 1.29 is 4.79 Å². The lowest BCUT2D eigenvalue weighted by molar-refractivity contribution is -0.121. The van der Waals surface area contributed by atoms with Gasteiger partial charge >= 0.3 is 0 Å². The zero-order valence-corrected chi connectivity index (χ0v) is 11.9. The summed E-state index contributed by atoms with van der Waals surface area (Å²) < 4.78 is 0. The zero-order chi connectivity index (χ0) is 15.2. The van der Waals surface area contributed by atoms with Crippen molar-refractivity contribution in [3.05, 3.63) is 36.4 Å². The normalized spacial score (nSPS) is 11.6. The Labute approximate surface area is 123 Å². The predicted molar refractivity (Wildman–Crippen MR) is 82.4 cm³/mol. The Kier molecular flexibility index (Phi) is 4.68. The van der Waals surface area contributed by atoms with Gasteiger partial charge in [-0.2, -0.15) is 0 Å². The molecule has 1 aromatic heterocycles. The van der Waals surface area contributed by atoms with Crippen molar-refractivity contribution in [2.75, 3.05) is 17.8 Å². The molecule has 0 saturated heterocycles. The molecule has 0 aliphatic carbocycles. The summed E-state index contributed by atoms with van der Waals surface area (Å²) in [4.78, 5) is 20.3. The predicted octanol–water partition coefficient (Wildman–Crippen LogP) is 0.976.